The maximum absolute atomic E-state index is 11.2. The van der Waals surface area contributed by atoms with Crippen LogP contribution in [0.1, 0.15) is 16.8 Å². The Morgan fingerprint density at radius 3 is 2.62 bits per heavy atom. The van der Waals surface area contributed by atoms with Crippen LogP contribution in [0.4, 0.5) is 5.69 Å². The highest BCUT2D eigenvalue weighted by Crippen LogP contribution is 2.08. The summed E-state index contributed by atoms with van der Waals surface area (Å²) >= 11 is 0. The van der Waals surface area contributed by atoms with E-state index in [0.717, 1.165) is 0 Å². The number of rotatable bonds is 3. The fourth-order valence-corrected chi connectivity index (χ4v) is 0.952. The molecule has 0 aliphatic heterocycles. The molecule has 1 aromatic rings. The van der Waals surface area contributed by atoms with Crippen LogP contribution in [0, 0.1) is 0 Å². The maximum atomic E-state index is 11.2. The zero-order valence-electron chi connectivity index (χ0n) is 6.86. The van der Waals surface area contributed by atoms with Gasteiger partial charge in [0.25, 0.3) is 0 Å². The summed E-state index contributed by atoms with van der Waals surface area (Å²) in [6, 6.07) is 6.26. The molecule has 0 radical (unpaired) electrons. The minimum Gasteiger partial charge on any atom is -0.481 e. The molecule has 0 saturated carbocycles. The highest BCUT2D eigenvalue weighted by Gasteiger charge is 2.09. The fourth-order valence-electron chi connectivity index (χ4n) is 0.952. The summed E-state index contributed by atoms with van der Waals surface area (Å²) in [6.07, 6.45) is -0.497. The van der Waals surface area contributed by atoms with E-state index in [1.54, 1.807) is 18.2 Å². The van der Waals surface area contributed by atoms with Crippen molar-refractivity contribution in [3.63, 3.8) is 0 Å². The van der Waals surface area contributed by atoms with Crippen LogP contribution in [0.25, 0.3) is 0 Å². The Morgan fingerprint density at radius 2 is 2.08 bits per heavy atom. The molecule has 0 bridgehead atoms. The Balaban J connectivity index is 2.83. The quantitative estimate of drug-likeness (QED) is 0.411. The minimum absolute atomic E-state index is 0.336. The number of Topliss-reactive ketones (excluding diaryl/α,β-unsaturated/α-hetero) is 1. The number of carboxylic acid groups (broad SMARTS) is 1. The van der Waals surface area contributed by atoms with Crippen LogP contribution in [0.2, 0.25) is 0 Å². The van der Waals surface area contributed by atoms with Crippen LogP contribution in [-0.2, 0) is 4.79 Å². The van der Waals surface area contributed by atoms with E-state index in [1.165, 1.54) is 6.07 Å². The third kappa shape index (κ3) is 2.59. The van der Waals surface area contributed by atoms with Crippen molar-refractivity contribution in [3.8, 4) is 0 Å². The summed E-state index contributed by atoms with van der Waals surface area (Å²) in [5, 5.41) is 8.36. The van der Waals surface area contributed by atoms with Crippen LogP contribution < -0.4 is 5.73 Å². The number of anilines is 1. The third-order valence-electron chi connectivity index (χ3n) is 1.52. The van der Waals surface area contributed by atoms with Gasteiger partial charge in [-0.1, -0.05) is 12.1 Å². The Hall–Kier alpha value is -1.84. The molecule has 4 nitrogen and oxygen atoms in total. The second-order valence-electron chi connectivity index (χ2n) is 2.62. The van der Waals surface area contributed by atoms with Crippen molar-refractivity contribution >= 4 is 17.4 Å². The van der Waals surface area contributed by atoms with Gasteiger partial charge in [-0.3, -0.25) is 9.59 Å². The maximum Gasteiger partial charge on any atom is 0.311 e. The average molecular weight is 179 g/mol. The van der Waals surface area contributed by atoms with E-state index in [4.69, 9.17) is 10.8 Å². The summed E-state index contributed by atoms with van der Waals surface area (Å²) in [5.74, 6) is -1.56. The Labute approximate surface area is 75.0 Å². The van der Waals surface area contributed by atoms with Crippen LogP contribution >= 0.6 is 0 Å². The topological polar surface area (TPSA) is 80.4 Å². The molecule has 1 rings (SSSR count). The van der Waals surface area contributed by atoms with Crippen molar-refractivity contribution in [2.75, 3.05) is 5.73 Å². The monoisotopic (exact) mass is 179 g/mol. The molecule has 0 atom stereocenters. The number of nitrogen functional groups attached to an aromatic ring is 1. The lowest BCUT2D eigenvalue weighted by atomic mass is 10.1. The van der Waals surface area contributed by atoms with E-state index < -0.39 is 18.2 Å². The van der Waals surface area contributed by atoms with Gasteiger partial charge < -0.3 is 10.8 Å². The number of carboxylic acids is 1. The standard InChI is InChI=1S/C9H9NO3/c10-7-3-1-2-6(4-7)8(11)5-9(12)13/h1-4H,5,10H2,(H,12,13). The summed E-state index contributed by atoms with van der Waals surface area (Å²) < 4.78 is 0. The highest BCUT2D eigenvalue weighted by molar-refractivity contribution is 6.05. The van der Waals surface area contributed by atoms with Crippen LogP contribution in [0.3, 0.4) is 0 Å². The van der Waals surface area contributed by atoms with Crippen molar-refractivity contribution < 1.29 is 14.7 Å². The number of nitrogens with two attached hydrogens (primary N) is 1. The van der Waals surface area contributed by atoms with E-state index in [9.17, 15) is 9.59 Å². The van der Waals surface area contributed by atoms with Crippen LogP contribution in [0.15, 0.2) is 24.3 Å². The van der Waals surface area contributed by atoms with E-state index in [0.29, 0.717) is 11.3 Å². The molecule has 0 aliphatic carbocycles. The summed E-state index contributed by atoms with van der Waals surface area (Å²) in [7, 11) is 0. The molecule has 13 heavy (non-hydrogen) atoms. The number of carbonyl (C=O) groups excluding carboxylic acids is 1. The lowest BCUT2D eigenvalue weighted by Crippen LogP contribution is -2.07. The molecule has 3 N–H and O–H groups in total. The van der Waals surface area contributed by atoms with Gasteiger partial charge in [-0.25, -0.2) is 0 Å². The lowest BCUT2D eigenvalue weighted by molar-refractivity contribution is -0.135. The lowest BCUT2D eigenvalue weighted by Gasteiger charge is -1.98. The predicted molar refractivity (Wildman–Crippen MR) is 47.4 cm³/mol. The van der Waals surface area contributed by atoms with Crippen molar-refractivity contribution in [2.45, 2.75) is 6.42 Å². The first-order chi connectivity index (χ1) is 6.09. The summed E-state index contributed by atoms with van der Waals surface area (Å²) in [6.45, 7) is 0. The second kappa shape index (κ2) is 3.71. The zero-order chi connectivity index (χ0) is 9.84. The van der Waals surface area contributed by atoms with Gasteiger partial charge in [0.05, 0.1) is 0 Å². The molecule has 1 aromatic carbocycles. The highest BCUT2D eigenvalue weighted by atomic mass is 16.4. The van der Waals surface area contributed by atoms with Gasteiger partial charge in [0.15, 0.2) is 5.78 Å². The van der Waals surface area contributed by atoms with Crippen molar-refractivity contribution in [1.82, 2.24) is 0 Å². The predicted octanol–water partition coefficient (Wildman–Crippen LogP) is 0.926. The largest absolute Gasteiger partial charge is 0.481 e. The van der Waals surface area contributed by atoms with Gasteiger partial charge in [0, 0.05) is 11.3 Å². The molecule has 4 heteroatoms. The molecule has 0 saturated heterocycles. The van der Waals surface area contributed by atoms with Crippen LogP contribution in [-0.4, -0.2) is 16.9 Å². The van der Waals surface area contributed by atoms with Gasteiger partial charge in [0.2, 0.25) is 0 Å². The number of carbonyl (C=O) groups is 2. The Morgan fingerprint density at radius 1 is 1.38 bits per heavy atom. The molecule has 0 spiro atoms. The van der Waals surface area contributed by atoms with Crippen LogP contribution in [0.5, 0.6) is 0 Å². The number of hydrogen-bond acceptors (Lipinski definition) is 3. The molecular weight excluding hydrogens is 170 g/mol. The van der Waals surface area contributed by atoms with Gasteiger partial charge >= 0.3 is 5.97 Å². The van der Waals surface area contributed by atoms with E-state index in [-0.39, 0.29) is 0 Å². The normalized spacial score (nSPS) is 9.54. The molecule has 0 heterocycles. The number of benzene rings is 1. The number of hydrogen-bond donors (Lipinski definition) is 2. The SMILES string of the molecule is Nc1cccc(C(=O)CC(=O)O)c1. The first-order valence-corrected chi connectivity index (χ1v) is 3.70. The van der Waals surface area contributed by atoms with Gasteiger partial charge in [-0.05, 0) is 12.1 Å². The van der Waals surface area contributed by atoms with Gasteiger partial charge in [-0.15, -0.1) is 0 Å². The van der Waals surface area contributed by atoms with Gasteiger partial charge in [-0.2, -0.15) is 0 Å². The van der Waals surface area contributed by atoms with Gasteiger partial charge in [0.1, 0.15) is 6.42 Å². The second-order valence-corrected chi connectivity index (χ2v) is 2.62. The smallest absolute Gasteiger partial charge is 0.311 e. The number of ketones is 1. The fraction of sp³-hybridized carbons (Fsp3) is 0.111. The minimum atomic E-state index is -1.13. The third-order valence-corrected chi connectivity index (χ3v) is 1.52. The molecule has 0 aliphatic rings. The Kier molecular flexibility index (Phi) is 2.64. The molecule has 68 valence electrons. The van der Waals surface area contributed by atoms with E-state index in [2.05, 4.69) is 0 Å². The first-order valence-electron chi connectivity index (χ1n) is 3.70. The molecule has 0 fully saturated rings. The van der Waals surface area contributed by atoms with Crippen molar-refractivity contribution in [3.05, 3.63) is 29.8 Å². The van der Waals surface area contributed by atoms with Crippen molar-refractivity contribution in [1.29, 1.82) is 0 Å². The number of aliphatic carboxylic acids is 1. The molecule has 0 amide bonds. The molecule has 0 unspecified atom stereocenters. The first kappa shape index (κ1) is 9.25. The van der Waals surface area contributed by atoms with E-state index in [1.807, 2.05) is 0 Å². The van der Waals surface area contributed by atoms with E-state index >= 15 is 0 Å². The molecule has 0 aromatic heterocycles. The summed E-state index contributed by atoms with van der Waals surface area (Å²) in [4.78, 5) is 21.4. The molecular formula is C9H9NO3. The Bertz CT molecular complexity index is 346. The average Bonchev–Trinajstić information content (AvgIpc) is 2.03. The summed E-state index contributed by atoms with van der Waals surface area (Å²) in [5.41, 5.74) is 6.22. The zero-order valence-corrected chi connectivity index (χ0v) is 6.86. The van der Waals surface area contributed by atoms with Crippen molar-refractivity contribution in [2.24, 2.45) is 0 Å².